The number of ether oxygens (including phenoxy) is 1. The van der Waals surface area contributed by atoms with E-state index in [1.807, 2.05) is 20.0 Å². The zero-order valence-corrected chi connectivity index (χ0v) is 13.8. The molecular formula is C15H26N4O2. The van der Waals surface area contributed by atoms with Crippen molar-refractivity contribution in [1.82, 2.24) is 15.1 Å². The fraction of sp³-hybridized carbons (Fsp3) is 0.733. The lowest BCUT2D eigenvalue weighted by molar-refractivity contribution is -0.115. The van der Waals surface area contributed by atoms with E-state index in [1.54, 1.807) is 4.68 Å². The summed E-state index contributed by atoms with van der Waals surface area (Å²) in [5.74, 6) is 0.639. The van der Waals surface area contributed by atoms with Crippen LogP contribution in [-0.4, -0.2) is 39.5 Å². The quantitative estimate of drug-likeness (QED) is 0.885. The molecule has 118 valence electrons. The number of nitrogens with zero attached hydrogens (tertiary/aromatic N) is 2. The number of carbonyl (C=O) groups is 1. The van der Waals surface area contributed by atoms with Gasteiger partial charge in [0.2, 0.25) is 5.91 Å². The number of anilines is 1. The van der Waals surface area contributed by atoms with Gasteiger partial charge < -0.3 is 15.4 Å². The molecule has 1 aliphatic heterocycles. The van der Waals surface area contributed by atoms with Gasteiger partial charge in [-0.05, 0) is 41.0 Å². The SMILES string of the molecule is Cc1cc(NC(=O)CN[C@@H]2CC(C)(C)OC2(C)C)n(C)n1. The summed E-state index contributed by atoms with van der Waals surface area (Å²) in [6, 6.07) is 2.01. The molecule has 1 saturated heterocycles. The van der Waals surface area contributed by atoms with Gasteiger partial charge in [0.1, 0.15) is 5.82 Å². The fourth-order valence-electron chi connectivity index (χ4n) is 3.01. The smallest absolute Gasteiger partial charge is 0.239 e. The summed E-state index contributed by atoms with van der Waals surface area (Å²) < 4.78 is 7.68. The Morgan fingerprint density at radius 1 is 1.48 bits per heavy atom. The van der Waals surface area contributed by atoms with Crippen LogP contribution in [0.3, 0.4) is 0 Å². The third-order valence-corrected chi connectivity index (χ3v) is 3.85. The van der Waals surface area contributed by atoms with Crippen molar-refractivity contribution in [2.75, 3.05) is 11.9 Å². The van der Waals surface area contributed by atoms with Gasteiger partial charge in [-0.1, -0.05) is 0 Å². The topological polar surface area (TPSA) is 68.2 Å². The predicted molar refractivity (Wildman–Crippen MR) is 82.2 cm³/mol. The largest absolute Gasteiger partial charge is 0.368 e. The number of rotatable bonds is 4. The lowest BCUT2D eigenvalue weighted by Gasteiger charge is -2.27. The van der Waals surface area contributed by atoms with Crippen LogP contribution < -0.4 is 10.6 Å². The van der Waals surface area contributed by atoms with E-state index in [1.165, 1.54) is 0 Å². The van der Waals surface area contributed by atoms with E-state index >= 15 is 0 Å². The van der Waals surface area contributed by atoms with Gasteiger partial charge in [-0.2, -0.15) is 5.10 Å². The van der Waals surface area contributed by atoms with Gasteiger partial charge in [0, 0.05) is 19.2 Å². The fourth-order valence-corrected chi connectivity index (χ4v) is 3.01. The molecule has 0 aromatic carbocycles. The van der Waals surface area contributed by atoms with Gasteiger partial charge in [0.05, 0.1) is 23.4 Å². The Morgan fingerprint density at radius 3 is 2.62 bits per heavy atom. The van der Waals surface area contributed by atoms with Crippen molar-refractivity contribution in [2.45, 2.75) is 58.3 Å². The normalized spacial score (nSPS) is 23.2. The molecule has 0 aliphatic carbocycles. The predicted octanol–water partition coefficient (Wildman–Crippen LogP) is 1.60. The minimum absolute atomic E-state index is 0.0708. The second-order valence-corrected chi connectivity index (χ2v) is 6.95. The Morgan fingerprint density at radius 2 is 2.14 bits per heavy atom. The second-order valence-electron chi connectivity index (χ2n) is 6.95. The van der Waals surface area contributed by atoms with Crippen LogP contribution in [0.4, 0.5) is 5.82 Å². The maximum atomic E-state index is 12.0. The van der Waals surface area contributed by atoms with Crippen LogP contribution in [0, 0.1) is 6.92 Å². The lowest BCUT2D eigenvalue weighted by atomic mass is 9.94. The number of hydrogen-bond acceptors (Lipinski definition) is 4. The van der Waals surface area contributed by atoms with Crippen LogP contribution in [0.2, 0.25) is 0 Å². The van der Waals surface area contributed by atoms with Crippen molar-refractivity contribution >= 4 is 11.7 Å². The van der Waals surface area contributed by atoms with Gasteiger partial charge in [-0.15, -0.1) is 0 Å². The molecule has 2 heterocycles. The first-order chi connectivity index (χ1) is 9.59. The van der Waals surface area contributed by atoms with Crippen LogP contribution >= 0.6 is 0 Å². The van der Waals surface area contributed by atoms with Crippen molar-refractivity contribution < 1.29 is 9.53 Å². The molecule has 1 fully saturated rings. The van der Waals surface area contributed by atoms with Crippen LogP contribution in [0.15, 0.2) is 6.07 Å². The van der Waals surface area contributed by atoms with Crippen molar-refractivity contribution in [3.05, 3.63) is 11.8 Å². The highest BCUT2D eigenvalue weighted by Crippen LogP contribution is 2.37. The molecule has 0 saturated carbocycles. The maximum absolute atomic E-state index is 12.0. The lowest BCUT2D eigenvalue weighted by Crippen LogP contribution is -2.46. The Kier molecular flexibility index (Phi) is 4.13. The van der Waals surface area contributed by atoms with Gasteiger partial charge >= 0.3 is 0 Å². The van der Waals surface area contributed by atoms with Crippen LogP contribution in [-0.2, 0) is 16.6 Å². The van der Waals surface area contributed by atoms with Crippen molar-refractivity contribution in [1.29, 1.82) is 0 Å². The van der Waals surface area contributed by atoms with Crippen molar-refractivity contribution in [3.63, 3.8) is 0 Å². The molecule has 1 amide bonds. The van der Waals surface area contributed by atoms with E-state index in [9.17, 15) is 4.79 Å². The first-order valence-electron chi connectivity index (χ1n) is 7.33. The van der Waals surface area contributed by atoms with Gasteiger partial charge in [-0.3, -0.25) is 9.48 Å². The summed E-state index contributed by atoms with van der Waals surface area (Å²) in [5.41, 5.74) is 0.455. The van der Waals surface area contributed by atoms with E-state index in [-0.39, 0.29) is 29.7 Å². The molecule has 1 aromatic heterocycles. The molecule has 1 aromatic rings. The Bertz CT molecular complexity index is 534. The molecule has 0 unspecified atom stereocenters. The van der Waals surface area contributed by atoms with Crippen LogP contribution in [0.25, 0.3) is 0 Å². The Hall–Kier alpha value is -1.40. The standard InChI is InChI=1S/C15H26N4O2/c1-10-7-12(19(6)18-10)17-13(20)9-16-11-8-14(2,3)21-15(11,4)5/h7,11,16H,8-9H2,1-6H3,(H,17,20)/t11-/m1/s1. The molecule has 1 aliphatic rings. The Balaban J connectivity index is 1.88. The zero-order valence-electron chi connectivity index (χ0n) is 13.8. The Labute approximate surface area is 126 Å². The van der Waals surface area contributed by atoms with E-state index in [4.69, 9.17) is 4.74 Å². The number of nitrogens with one attached hydrogen (secondary N) is 2. The van der Waals surface area contributed by atoms with Gasteiger partial charge in [-0.25, -0.2) is 0 Å². The van der Waals surface area contributed by atoms with Gasteiger partial charge in [0.25, 0.3) is 0 Å². The van der Waals surface area contributed by atoms with Crippen molar-refractivity contribution in [2.24, 2.45) is 7.05 Å². The van der Waals surface area contributed by atoms with E-state index < -0.39 is 0 Å². The van der Waals surface area contributed by atoms with E-state index in [0.717, 1.165) is 12.1 Å². The monoisotopic (exact) mass is 294 g/mol. The molecule has 21 heavy (non-hydrogen) atoms. The molecule has 0 bridgehead atoms. The molecule has 6 nitrogen and oxygen atoms in total. The zero-order chi connectivity index (χ0) is 15.8. The number of amides is 1. The second kappa shape index (κ2) is 5.42. The van der Waals surface area contributed by atoms with Gasteiger partial charge in [0.15, 0.2) is 0 Å². The summed E-state index contributed by atoms with van der Waals surface area (Å²) in [4.78, 5) is 12.0. The molecule has 2 N–H and O–H groups in total. The third kappa shape index (κ3) is 3.83. The molecule has 6 heteroatoms. The summed E-state index contributed by atoms with van der Waals surface area (Å²) in [6.45, 7) is 10.4. The molecule has 0 radical (unpaired) electrons. The van der Waals surface area contributed by atoms with Crippen LogP contribution in [0.5, 0.6) is 0 Å². The number of hydrogen-bond donors (Lipinski definition) is 2. The van der Waals surface area contributed by atoms with E-state index in [2.05, 4.69) is 43.4 Å². The van der Waals surface area contributed by atoms with Crippen molar-refractivity contribution in [3.8, 4) is 0 Å². The van der Waals surface area contributed by atoms with E-state index in [0.29, 0.717) is 5.82 Å². The molecule has 2 rings (SSSR count). The highest BCUT2D eigenvalue weighted by Gasteiger charge is 2.45. The number of aryl methyl sites for hydroxylation is 2. The number of aromatic nitrogens is 2. The summed E-state index contributed by atoms with van der Waals surface area (Å²) in [6.07, 6.45) is 0.887. The first-order valence-corrected chi connectivity index (χ1v) is 7.33. The molecule has 1 atom stereocenters. The summed E-state index contributed by atoms with van der Waals surface area (Å²) in [5, 5.41) is 10.4. The van der Waals surface area contributed by atoms with Crippen LogP contribution in [0.1, 0.15) is 39.8 Å². The number of carbonyl (C=O) groups excluding carboxylic acids is 1. The summed E-state index contributed by atoms with van der Waals surface area (Å²) in [7, 11) is 1.81. The minimum atomic E-state index is -0.271. The molecule has 0 spiro atoms. The average molecular weight is 294 g/mol. The summed E-state index contributed by atoms with van der Waals surface area (Å²) >= 11 is 0. The highest BCUT2D eigenvalue weighted by atomic mass is 16.5. The first kappa shape index (κ1) is 16.0. The third-order valence-electron chi connectivity index (χ3n) is 3.85. The minimum Gasteiger partial charge on any atom is -0.368 e. The maximum Gasteiger partial charge on any atom is 0.239 e. The molecular weight excluding hydrogens is 268 g/mol. The average Bonchev–Trinajstić information content (AvgIpc) is 2.71. The highest BCUT2D eigenvalue weighted by molar-refractivity contribution is 5.91.